The Balaban J connectivity index is 1.49. The number of ketones is 1. The molecule has 1 N–H and O–H groups in total. The van der Waals surface area contributed by atoms with Gasteiger partial charge in [0.1, 0.15) is 0 Å². The fourth-order valence-electron chi connectivity index (χ4n) is 3.19. The maximum absolute atomic E-state index is 12.7. The first-order valence-electron chi connectivity index (χ1n) is 9.25. The van der Waals surface area contributed by atoms with Crippen LogP contribution in [0.25, 0.3) is 16.6 Å². The van der Waals surface area contributed by atoms with E-state index in [0.717, 1.165) is 38.3 Å². The zero-order valence-electron chi connectivity index (χ0n) is 16.1. The largest absolute Gasteiger partial charge is 0.356 e. The molecule has 0 atom stereocenters. The van der Waals surface area contributed by atoms with Crippen molar-refractivity contribution in [2.45, 2.75) is 25.4 Å². The van der Waals surface area contributed by atoms with E-state index >= 15 is 0 Å². The van der Waals surface area contributed by atoms with Crippen LogP contribution in [0.15, 0.2) is 47.6 Å². The van der Waals surface area contributed by atoms with Crippen LogP contribution in [-0.4, -0.2) is 38.6 Å². The van der Waals surface area contributed by atoms with Crippen LogP contribution in [0.1, 0.15) is 27.0 Å². The normalized spacial score (nSPS) is 11.2. The van der Waals surface area contributed by atoms with Gasteiger partial charge in [0.2, 0.25) is 5.91 Å². The summed E-state index contributed by atoms with van der Waals surface area (Å²) < 4.78 is 2.01. The van der Waals surface area contributed by atoms with Crippen molar-refractivity contribution in [3.8, 4) is 0 Å². The van der Waals surface area contributed by atoms with Crippen LogP contribution < -0.4 is 5.32 Å². The van der Waals surface area contributed by atoms with E-state index in [1.165, 1.54) is 30.0 Å². The highest BCUT2D eigenvalue weighted by Gasteiger charge is 2.15. The minimum absolute atomic E-state index is 0.0440. The zero-order chi connectivity index (χ0) is 20.4. The molecule has 3 heterocycles. The molecule has 0 fully saturated rings. The average Bonchev–Trinajstić information content (AvgIpc) is 3.33. The van der Waals surface area contributed by atoms with Crippen LogP contribution in [0, 0.1) is 6.92 Å². The summed E-state index contributed by atoms with van der Waals surface area (Å²) in [4.78, 5) is 25.4. The maximum Gasteiger partial charge on any atom is 0.216 e. The predicted octanol–water partition coefficient (Wildman–Crippen LogP) is 3.91. The molecule has 0 radical (unpaired) electrons. The quantitative estimate of drug-likeness (QED) is 0.360. The number of para-hydroxylation sites is 1. The number of carbonyl (C=O) groups excluding carboxylic acids is 2. The van der Waals surface area contributed by atoms with Gasteiger partial charge >= 0.3 is 0 Å². The Kier molecular flexibility index (Phi) is 5.64. The number of fused-ring (bicyclic) bond motifs is 3. The van der Waals surface area contributed by atoms with Crippen molar-refractivity contribution in [2.24, 2.45) is 0 Å². The molecule has 0 saturated carbocycles. The van der Waals surface area contributed by atoms with Gasteiger partial charge in [-0.25, -0.2) is 0 Å². The van der Waals surface area contributed by atoms with E-state index in [2.05, 4.69) is 28.5 Å². The van der Waals surface area contributed by atoms with Crippen molar-refractivity contribution in [1.29, 1.82) is 0 Å². The number of hydrogen-bond acceptors (Lipinski definition) is 6. The highest BCUT2D eigenvalue weighted by Crippen LogP contribution is 2.27. The first-order chi connectivity index (χ1) is 14.0. The third kappa shape index (κ3) is 4.18. The Morgan fingerprint density at radius 1 is 1.17 bits per heavy atom. The number of pyridine rings is 1. The molecule has 0 spiro atoms. The number of nitrogens with one attached hydrogen (secondary N) is 1. The van der Waals surface area contributed by atoms with Crippen molar-refractivity contribution in [1.82, 2.24) is 19.9 Å². The van der Waals surface area contributed by atoms with Crippen molar-refractivity contribution in [2.75, 3.05) is 12.3 Å². The first-order valence-corrected chi connectivity index (χ1v) is 11.1. The number of aromatic nitrogens is 3. The van der Waals surface area contributed by atoms with Gasteiger partial charge in [-0.05, 0) is 43.2 Å². The molecule has 0 saturated heterocycles. The van der Waals surface area contributed by atoms with Crippen LogP contribution in [0.3, 0.4) is 0 Å². The van der Waals surface area contributed by atoms with Crippen LogP contribution >= 0.6 is 23.1 Å². The Labute approximate surface area is 176 Å². The summed E-state index contributed by atoms with van der Waals surface area (Å²) in [6, 6.07) is 14.0. The first kappa shape index (κ1) is 19.6. The summed E-state index contributed by atoms with van der Waals surface area (Å²) in [5.41, 5.74) is 2.98. The Morgan fingerprint density at radius 3 is 2.83 bits per heavy atom. The summed E-state index contributed by atoms with van der Waals surface area (Å²) in [5.74, 6) is 0.325. The van der Waals surface area contributed by atoms with Gasteiger partial charge in [0.05, 0.1) is 16.1 Å². The van der Waals surface area contributed by atoms with Gasteiger partial charge in [0.15, 0.2) is 16.6 Å². The van der Waals surface area contributed by atoms with Gasteiger partial charge in [-0.3, -0.25) is 14.0 Å². The van der Waals surface area contributed by atoms with Gasteiger partial charge in [-0.2, -0.15) is 0 Å². The van der Waals surface area contributed by atoms with Crippen molar-refractivity contribution < 1.29 is 9.59 Å². The summed E-state index contributed by atoms with van der Waals surface area (Å²) in [6.07, 6.45) is 0.727. The van der Waals surface area contributed by atoms with Gasteiger partial charge in [-0.15, -0.1) is 21.5 Å². The number of hydrogen-bond donors (Lipinski definition) is 1. The van der Waals surface area contributed by atoms with E-state index in [1.54, 1.807) is 0 Å². The number of rotatable bonds is 7. The standard InChI is InChI=1S/C21H20N4O2S2/c1-13-11-20-23-24-21(25(20)17-6-4-3-5-16(13)17)28-12-18(27)19-8-7-15(29-19)9-10-22-14(2)26/h3-8,11H,9-10,12H2,1-2H3,(H,22,26). The van der Waals surface area contributed by atoms with E-state index in [1.807, 2.05) is 40.8 Å². The molecule has 29 heavy (non-hydrogen) atoms. The number of benzene rings is 1. The molecule has 0 aliphatic heterocycles. The number of aryl methyl sites for hydroxylation is 1. The van der Waals surface area contributed by atoms with Crippen LogP contribution in [0.4, 0.5) is 0 Å². The lowest BCUT2D eigenvalue weighted by Crippen LogP contribution is -2.22. The molecule has 4 aromatic rings. The summed E-state index contributed by atoms with van der Waals surface area (Å²) in [5, 5.41) is 13.2. The van der Waals surface area contributed by atoms with E-state index in [-0.39, 0.29) is 11.7 Å². The molecule has 3 aromatic heterocycles. The summed E-state index contributed by atoms with van der Waals surface area (Å²) >= 11 is 2.88. The number of nitrogens with zero attached hydrogens (tertiary/aromatic N) is 3. The Hall–Kier alpha value is -2.71. The molecule has 1 amide bonds. The number of thiophene rings is 1. The molecule has 6 nitrogen and oxygen atoms in total. The lowest BCUT2D eigenvalue weighted by atomic mass is 10.1. The van der Waals surface area contributed by atoms with E-state index in [9.17, 15) is 9.59 Å². The minimum atomic E-state index is -0.0440. The molecular weight excluding hydrogens is 404 g/mol. The molecule has 8 heteroatoms. The summed E-state index contributed by atoms with van der Waals surface area (Å²) in [6.45, 7) is 4.14. The Bertz CT molecular complexity index is 1210. The Morgan fingerprint density at radius 2 is 2.00 bits per heavy atom. The number of amides is 1. The average molecular weight is 425 g/mol. The number of thioether (sulfide) groups is 1. The van der Waals surface area contributed by atoms with E-state index in [0.29, 0.717) is 17.5 Å². The SMILES string of the molecule is CC(=O)NCCc1ccc(C(=O)CSc2nnc3cc(C)c4ccccc4n23)s1. The summed E-state index contributed by atoms with van der Waals surface area (Å²) in [7, 11) is 0. The molecular formula is C21H20N4O2S2. The lowest BCUT2D eigenvalue weighted by molar-refractivity contribution is -0.118. The second kappa shape index (κ2) is 8.34. The van der Waals surface area contributed by atoms with E-state index < -0.39 is 0 Å². The second-order valence-corrected chi connectivity index (χ2v) is 8.84. The van der Waals surface area contributed by atoms with Gasteiger partial charge in [-0.1, -0.05) is 30.0 Å². The minimum Gasteiger partial charge on any atom is -0.356 e. The zero-order valence-corrected chi connectivity index (χ0v) is 17.8. The molecule has 0 aliphatic carbocycles. The third-order valence-corrected chi connectivity index (χ3v) is 6.70. The van der Waals surface area contributed by atoms with Crippen LogP contribution in [0.5, 0.6) is 0 Å². The fourth-order valence-corrected chi connectivity index (χ4v) is 5.06. The molecule has 4 rings (SSSR count). The second-order valence-electron chi connectivity index (χ2n) is 6.73. The highest BCUT2D eigenvalue weighted by atomic mass is 32.2. The van der Waals surface area contributed by atoms with Crippen molar-refractivity contribution >= 4 is 51.3 Å². The molecule has 0 unspecified atom stereocenters. The fraction of sp³-hybridized carbons (Fsp3) is 0.238. The molecule has 148 valence electrons. The van der Waals surface area contributed by atoms with Crippen LogP contribution in [-0.2, 0) is 11.2 Å². The maximum atomic E-state index is 12.7. The molecule has 0 bridgehead atoms. The van der Waals surface area contributed by atoms with Gasteiger partial charge < -0.3 is 5.32 Å². The van der Waals surface area contributed by atoms with Crippen LogP contribution in [0.2, 0.25) is 0 Å². The highest BCUT2D eigenvalue weighted by molar-refractivity contribution is 7.99. The smallest absolute Gasteiger partial charge is 0.216 e. The predicted molar refractivity (Wildman–Crippen MR) is 117 cm³/mol. The topological polar surface area (TPSA) is 76.4 Å². The third-order valence-electron chi connectivity index (χ3n) is 4.59. The lowest BCUT2D eigenvalue weighted by Gasteiger charge is -2.06. The van der Waals surface area contributed by atoms with Crippen molar-refractivity contribution in [3.63, 3.8) is 0 Å². The monoisotopic (exact) mass is 424 g/mol. The van der Waals surface area contributed by atoms with E-state index in [4.69, 9.17) is 0 Å². The van der Waals surface area contributed by atoms with Gasteiger partial charge in [0.25, 0.3) is 0 Å². The molecule has 0 aliphatic rings. The number of Topliss-reactive ketones (excluding diaryl/α,β-unsaturated/α-hetero) is 1. The number of carbonyl (C=O) groups is 2. The van der Waals surface area contributed by atoms with Gasteiger partial charge in [0, 0.05) is 23.7 Å². The molecule has 1 aromatic carbocycles. The van der Waals surface area contributed by atoms with Crippen molar-refractivity contribution in [3.05, 3.63) is 57.8 Å².